The Kier molecular flexibility index (Phi) is 3.91. The molecule has 0 heterocycles. The van der Waals surface area contributed by atoms with Crippen molar-refractivity contribution >= 4 is 20.2 Å². The van der Waals surface area contributed by atoms with E-state index in [4.69, 9.17) is 0 Å². The molecular weight excluding hydrogens is 382 g/mol. The van der Waals surface area contributed by atoms with Crippen molar-refractivity contribution in [1.82, 2.24) is 0 Å². The van der Waals surface area contributed by atoms with E-state index in [1.807, 2.05) is 0 Å². The van der Waals surface area contributed by atoms with Crippen molar-refractivity contribution in [2.75, 3.05) is 0 Å². The molecule has 132 valence electrons. The van der Waals surface area contributed by atoms with Crippen molar-refractivity contribution in [3.8, 4) is 0 Å². The summed E-state index contributed by atoms with van der Waals surface area (Å²) in [5, 5.41) is 0. The summed E-state index contributed by atoms with van der Waals surface area (Å²) < 4.78 is 124. The Morgan fingerprint density at radius 1 is 0.783 bits per heavy atom. The van der Waals surface area contributed by atoms with Crippen LogP contribution in [0.4, 0.5) is 26.3 Å². The fraction of sp³-hybridized carbons (Fsp3) is 0.556. The normalized spacial score (nSPS) is 25.1. The summed E-state index contributed by atoms with van der Waals surface area (Å²) in [6.07, 6.45) is 1.38. The molecule has 0 N–H and O–H groups in total. The first-order chi connectivity index (χ1) is 10.1. The maximum atomic E-state index is 12.2. The van der Waals surface area contributed by atoms with Crippen molar-refractivity contribution in [2.45, 2.75) is 17.4 Å². The van der Waals surface area contributed by atoms with Gasteiger partial charge in [-0.3, -0.25) is 0 Å². The first-order valence-electron chi connectivity index (χ1n) is 5.59. The van der Waals surface area contributed by atoms with Crippen LogP contribution < -0.4 is 0 Å². The molecule has 0 aliphatic heterocycles. The van der Waals surface area contributed by atoms with Crippen molar-refractivity contribution in [2.24, 2.45) is 11.8 Å². The van der Waals surface area contributed by atoms with E-state index >= 15 is 0 Å². The number of allylic oxidation sites excluding steroid dienone is 2. The standard InChI is InChI=1S/C9H6F6O6S2/c10-8(11,12)22(16,17)20-6-2-4-1-5(6)3-7(4)21-23(18,19)9(13,14)15/h2-5H,1H2/t4-,5-/m1/s1. The van der Waals surface area contributed by atoms with Crippen LogP contribution in [0.3, 0.4) is 0 Å². The zero-order valence-corrected chi connectivity index (χ0v) is 12.2. The summed E-state index contributed by atoms with van der Waals surface area (Å²) >= 11 is 0. The van der Waals surface area contributed by atoms with Gasteiger partial charge in [0.25, 0.3) is 0 Å². The number of hydrogen-bond donors (Lipinski definition) is 0. The van der Waals surface area contributed by atoms with Crippen LogP contribution in [0.25, 0.3) is 0 Å². The fourth-order valence-corrected chi connectivity index (χ4v) is 3.03. The molecule has 0 fully saturated rings. The molecule has 14 heteroatoms. The lowest BCUT2D eigenvalue weighted by Crippen LogP contribution is -2.27. The fourth-order valence-electron chi connectivity index (χ4n) is 1.98. The minimum atomic E-state index is -5.92. The van der Waals surface area contributed by atoms with Gasteiger partial charge in [-0.2, -0.15) is 43.2 Å². The first kappa shape index (κ1) is 17.9. The largest absolute Gasteiger partial charge is 0.534 e. The summed E-state index contributed by atoms with van der Waals surface area (Å²) in [5.74, 6) is -3.56. The topological polar surface area (TPSA) is 86.7 Å². The van der Waals surface area contributed by atoms with E-state index in [-0.39, 0.29) is 6.42 Å². The minimum absolute atomic E-state index is 0.161. The van der Waals surface area contributed by atoms with E-state index in [2.05, 4.69) is 8.37 Å². The van der Waals surface area contributed by atoms with Gasteiger partial charge in [0.15, 0.2) is 0 Å². The van der Waals surface area contributed by atoms with Gasteiger partial charge in [0.1, 0.15) is 11.5 Å². The molecule has 0 saturated heterocycles. The average molecular weight is 388 g/mol. The van der Waals surface area contributed by atoms with Gasteiger partial charge in [-0.05, 0) is 18.6 Å². The van der Waals surface area contributed by atoms with Crippen LogP contribution in [-0.4, -0.2) is 27.9 Å². The average Bonchev–Trinajstić information content (AvgIpc) is 2.83. The SMILES string of the molecule is O=S(=O)(OC1=C[C@H]2C[C@@H]1C=C2OS(=O)(=O)C(F)(F)F)C(F)(F)F. The van der Waals surface area contributed by atoms with Gasteiger partial charge in [0, 0.05) is 11.8 Å². The molecule has 2 aliphatic carbocycles. The molecule has 6 nitrogen and oxygen atoms in total. The highest BCUT2D eigenvalue weighted by molar-refractivity contribution is 7.88. The van der Waals surface area contributed by atoms with Crippen molar-refractivity contribution < 1.29 is 51.5 Å². The van der Waals surface area contributed by atoms with Crippen LogP contribution in [-0.2, 0) is 28.6 Å². The predicted octanol–water partition coefficient (Wildman–Crippen LogP) is 2.14. The minimum Gasteiger partial charge on any atom is -0.380 e. The molecule has 2 atom stereocenters. The lowest BCUT2D eigenvalue weighted by Gasteiger charge is -2.16. The molecule has 0 unspecified atom stereocenters. The van der Waals surface area contributed by atoms with E-state index in [0.717, 1.165) is 12.2 Å². The molecule has 2 rings (SSSR count). The van der Waals surface area contributed by atoms with Crippen LogP contribution in [0, 0.1) is 11.8 Å². The third-order valence-electron chi connectivity index (χ3n) is 2.95. The molecule has 2 aliphatic rings. The summed E-state index contributed by atoms with van der Waals surface area (Å²) in [4.78, 5) is 0. The Bertz CT molecular complexity index is 706. The van der Waals surface area contributed by atoms with E-state index < -0.39 is 54.6 Å². The molecule has 0 amide bonds. The molecule has 0 spiro atoms. The third-order valence-corrected chi connectivity index (χ3v) is 4.91. The van der Waals surface area contributed by atoms with Crippen molar-refractivity contribution in [3.63, 3.8) is 0 Å². The van der Waals surface area contributed by atoms with Gasteiger partial charge in [-0.1, -0.05) is 0 Å². The second-order valence-corrected chi connectivity index (χ2v) is 7.63. The second kappa shape index (κ2) is 5.03. The Morgan fingerprint density at radius 3 is 1.30 bits per heavy atom. The highest BCUT2D eigenvalue weighted by Gasteiger charge is 2.53. The maximum absolute atomic E-state index is 12.2. The second-order valence-electron chi connectivity index (χ2n) is 4.55. The Balaban J connectivity index is 2.13. The smallest absolute Gasteiger partial charge is 0.380 e. The van der Waals surface area contributed by atoms with Crippen LogP contribution >= 0.6 is 0 Å². The quantitative estimate of drug-likeness (QED) is 0.417. The van der Waals surface area contributed by atoms with Gasteiger partial charge < -0.3 is 8.37 Å². The zero-order valence-electron chi connectivity index (χ0n) is 10.6. The Hall–Kier alpha value is -1.44. The molecule has 2 bridgehead atoms. The molecular formula is C9H6F6O6S2. The van der Waals surface area contributed by atoms with Crippen molar-refractivity contribution in [1.29, 1.82) is 0 Å². The summed E-state index contributed by atoms with van der Waals surface area (Å²) in [6.45, 7) is 0. The number of halogens is 6. The monoisotopic (exact) mass is 388 g/mol. The number of fused-ring (bicyclic) bond motifs is 2. The molecule has 23 heavy (non-hydrogen) atoms. The van der Waals surface area contributed by atoms with E-state index in [1.54, 1.807) is 0 Å². The molecule has 0 aromatic rings. The van der Waals surface area contributed by atoms with Gasteiger partial charge >= 0.3 is 31.3 Å². The number of rotatable bonds is 4. The molecule has 0 radical (unpaired) electrons. The molecule has 0 aromatic heterocycles. The molecule has 0 saturated carbocycles. The number of hydrogen-bond acceptors (Lipinski definition) is 6. The Morgan fingerprint density at radius 2 is 1.09 bits per heavy atom. The maximum Gasteiger partial charge on any atom is 0.534 e. The van der Waals surface area contributed by atoms with Gasteiger partial charge in [-0.25, -0.2) is 0 Å². The van der Waals surface area contributed by atoms with Gasteiger partial charge in [0.05, 0.1) is 0 Å². The van der Waals surface area contributed by atoms with E-state index in [0.29, 0.717) is 0 Å². The van der Waals surface area contributed by atoms with E-state index in [9.17, 15) is 43.2 Å². The number of alkyl halides is 6. The van der Waals surface area contributed by atoms with Crippen LogP contribution in [0.1, 0.15) is 6.42 Å². The third kappa shape index (κ3) is 3.27. The zero-order chi connectivity index (χ0) is 17.8. The van der Waals surface area contributed by atoms with E-state index in [1.165, 1.54) is 0 Å². The highest BCUT2D eigenvalue weighted by atomic mass is 32.2. The van der Waals surface area contributed by atoms with Gasteiger partial charge in [-0.15, -0.1) is 0 Å². The Labute approximate surface area is 125 Å². The van der Waals surface area contributed by atoms with Crippen LogP contribution in [0.15, 0.2) is 23.7 Å². The summed E-state index contributed by atoms with van der Waals surface area (Å²) in [7, 11) is -11.8. The first-order valence-corrected chi connectivity index (χ1v) is 8.40. The predicted molar refractivity (Wildman–Crippen MR) is 59.9 cm³/mol. The summed E-state index contributed by atoms with van der Waals surface area (Å²) in [6, 6.07) is 0. The molecule has 0 aromatic carbocycles. The summed E-state index contributed by atoms with van der Waals surface area (Å²) in [5.41, 5.74) is -11.3. The van der Waals surface area contributed by atoms with Gasteiger partial charge in [0.2, 0.25) is 0 Å². The lowest BCUT2D eigenvalue weighted by molar-refractivity contribution is -0.0531. The highest BCUT2D eigenvalue weighted by Crippen LogP contribution is 2.46. The van der Waals surface area contributed by atoms with Crippen molar-refractivity contribution in [3.05, 3.63) is 23.7 Å². The lowest BCUT2D eigenvalue weighted by atomic mass is 10.1. The van der Waals surface area contributed by atoms with Crippen LogP contribution in [0.5, 0.6) is 0 Å². The van der Waals surface area contributed by atoms with Crippen LogP contribution in [0.2, 0.25) is 0 Å².